The van der Waals surface area contributed by atoms with Gasteiger partial charge in [-0.15, -0.1) is 0 Å². The van der Waals surface area contributed by atoms with Crippen molar-refractivity contribution in [1.29, 1.82) is 0 Å². The molecule has 0 bridgehead atoms. The van der Waals surface area contributed by atoms with Gasteiger partial charge in [0.1, 0.15) is 11.6 Å². The Bertz CT molecular complexity index is 1030. The summed E-state index contributed by atoms with van der Waals surface area (Å²) < 4.78 is 19.4. The van der Waals surface area contributed by atoms with E-state index in [1.54, 1.807) is 25.0 Å². The van der Waals surface area contributed by atoms with Crippen LogP contribution in [0.1, 0.15) is 30.5 Å². The molecule has 2 amide bonds. The number of hydrogen-bond acceptors (Lipinski definition) is 5. The standard InChI is InChI=1S/C24H27FN4O3/c1-17(30)28-12-10-27(11-13-28)16-24(31)29-22(18-6-5-7-19(25)14-18)15-21(26-29)20-8-3-4-9-23(20)32-2/h3-9,14,22H,10-13,15-16H2,1-2H3/t22-/m1/s1. The van der Waals surface area contributed by atoms with Gasteiger partial charge in [-0.05, 0) is 29.8 Å². The van der Waals surface area contributed by atoms with Gasteiger partial charge in [0.2, 0.25) is 5.91 Å². The van der Waals surface area contributed by atoms with Crippen molar-refractivity contribution in [3.8, 4) is 5.75 Å². The molecule has 2 aromatic rings. The third-order valence-corrected chi connectivity index (χ3v) is 5.99. The number of para-hydroxylation sites is 1. The van der Waals surface area contributed by atoms with Crippen LogP contribution in [-0.4, -0.2) is 72.2 Å². The fourth-order valence-electron chi connectivity index (χ4n) is 4.24. The molecule has 0 aliphatic carbocycles. The third kappa shape index (κ3) is 4.65. The van der Waals surface area contributed by atoms with E-state index in [4.69, 9.17) is 4.74 Å². The maximum absolute atomic E-state index is 14.0. The van der Waals surface area contributed by atoms with Crippen molar-refractivity contribution in [2.24, 2.45) is 5.10 Å². The number of halogens is 1. The third-order valence-electron chi connectivity index (χ3n) is 5.99. The van der Waals surface area contributed by atoms with Gasteiger partial charge in [-0.3, -0.25) is 14.5 Å². The second kappa shape index (κ2) is 9.48. The zero-order chi connectivity index (χ0) is 22.7. The largest absolute Gasteiger partial charge is 0.496 e. The zero-order valence-corrected chi connectivity index (χ0v) is 18.3. The van der Waals surface area contributed by atoms with Crippen LogP contribution in [0.4, 0.5) is 4.39 Å². The minimum absolute atomic E-state index is 0.0488. The van der Waals surface area contributed by atoms with Gasteiger partial charge < -0.3 is 9.64 Å². The van der Waals surface area contributed by atoms with Crippen molar-refractivity contribution in [2.75, 3.05) is 39.8 Å². The first kappa shape index (κ1) is 22.0. The molecule has 4 rings (SSSR count). The van der Waals surface area contributed by atoms with E-state index in [1.807, 2.05) is 35.2 Å². The number of methoxy groups -OCH3 is 1. The Morgan fingerprint density at radius 2 is 1.84 bits per heavy atom. The summed E-state index contributed by atoms with van der Waals surface area (Å²) in [6.07, 6.45) is 0.466. The molecule has 7 nitrogen and oxygen atoms in total. The number of ether oxygens (including phenoxy) is 1. The van der Waals surface area contributed by atoms with Crippen LogP contribution in [0.3, 0.4) is 0 Å². The van der Waals surface area contributed by atoms with Crippen LogP contribution < -0.4 is 4.74 Å². The van der Waals surface area contributed by atoms with Gasteiger partial charge in [0.25, 0.3) is 5.91 Å². The summed E-state index contributed by atoms with van der Waals surface area (Å²) in [6.45, 7) is 4.22. The van der Waals surface area contributed by atoms with E-state index < -0.39 is 6.04 Å². The van der Waals surface area contributed by atoms with E-state index in [9.17, 15) is 14.0 Å². The molecular formula is C24H27FN4O3. The average Bonchev–Trinajstić information content (AvgIpc) is 3.25. The Kier molecular flexibility index (Phi) is 6.50. The normalized spacial score (nSPS) is 19.1. The van der Waals surface area contributed by atoms with Crippen LogP contribution in [0.15, 0.2) is 53.6 Å². The quantitative estimate of drug-likeness (QED) is 0.720. The number of rotatable bonds is 5. The van der Waals surface area contributed by atoms with Gasteiger partial charge in [-0.2, -0.15) is 5.10 Å². The van der Waals surface area contributed by atoms with E-state index in [0.717, 1.165) is 11.3 Å². The topological polar surface area (TPSA) is 65.5 Å². The molecule has 0 radical (unpaired) electrons. The fourth-order valence-corrected chi connectivity index (χ4v) is 4.24. The monoisotopic (exact) mass is 438 g/mol. The highest BCUT2D eigenvalue weighted by molar-refractivity contribution is 6.05. The number of hydrogen-bond donors (Lipinski definition) is 0. The molecule has 1 fully saturated rings. The van der Waals surface area contributed by atoms with Crippen molar-refractivity contribution in [2.45, 2.75) is 19.4 Å². The first-order chi connectivity index (χ1) is 15.5. The first-order valence-electron chi connectivity index (χ1n) is 10.7. The van der Waals surface area contributed by atoms with Crippen LogP contribution in [0.5, 0.6) is 5.75 Å². The number of hydrazone groups is 1. The Hall–Kier alpha value is -3.26. The number of amides is 2. The number of carbonyl (C=O) groups is 2. The van der Waals surface area contributed by atoms with Crippen molar-refractivity contribution in [3.05, 3.63) is 65.5 Å². The highest BCUT2D eigenvalue weighted by Crippen LogP contribution is 2.35. The predicted octanol–water partition coefficient (Wildman–Crippen LogP) is 2.68. The van der Waals surface area contributed by atoms with Gasteiger partial charge in [0, 0.05) is 45.1 Å². The Labute approximate surface area is 187 Å². The molecule has 168 valence electrons. The highest BCUT2D eigenvalue weighted by atomic mass is 19.1. The van der Waals surface area contributed by atoms with Gasteiger partial charge in [0.15, 0.2) is 0 Å². The van der Waals surface area contributed by atoms with Crippen LogP contribution in [0, 0.1) is 5.82 Å². The first-order valence-corrected chi connectivity index (χ1v) is 10.7. The number of carbonyl (C=O) groups excluding carboxylic acids is 2. The second-order valence-corrected chi connectivity index (χ2v) is 8.04. The molecule has 1 saturated heterocycles. The predicted molar refractivity (Wildman–Crippen MR) is 119 cm³/mol. The van der Waals surface area contributed by atoms with Crippen LogP contribution in [0.2, 0.25) is 0 Å². The molecule has 2 aliphatic heterocycles. The lowest BCUT2D eigenvalue weighted by molar-refractivity contribution is -0.135. The molecule has 8 heteroatoms. The lowest BCUT2D eigenvalue weighted by Crippen LogP contribution is -2.50. The molecule has 2 aromatic carbocycles. The molecule has 2 aliphatic rings. The van der Waals surface area contributed by atoms with E-state index in [0.29, 0.717) is 43.9 Å². The molecule has 32 heavy (non-hydrogen) atoms. The van der Waals surface area contributed by atoms with Gasteiger partial charge in [0.05, 0.1) is 25.4 Å². The van der Waals surface area contributed by atoms with Gasteiger partial charge in [-0.1, -0.05) is 24.3 Å². The van der Waals surface area contributed by atoms with Gasteiger partial charge >= 0.3 is 0 Å². The highest BCUT2D eigenvalue weighted by Gasteiger charge is 2.35. The minimum Gasteiger partial charge on any atom is -0.496 e. The summed E-state index contributed by atoms with van der Waals surface area (Å²) in [5, 5.41) is 6.15. The summed E-state index contributed by atoms with van der Waals surface area (Å²) >= 11 is 0. The SMILES string of the molecule is COc1ccccc1C1=NN(C(=O)CN2CCN(C(C)=O)CC2)[C@@H](c2cccc(F)c2)C1. The van der Waals surface area contributed by atoms with Crippen molar-refractivity contribution in [1.82, 2.24) is 14.8 Å². The maximum atomic E-state index is 14.0. The maximum Gasteiger partial charge on any atom is 0.257 e. The second-order valence-electron chi connectivity index (χ2n) is 8.04. The van der Waals surface area contributed by atoms with E-state index >= 15 is 0 Å². The summed E-state index contributed by atoms with van der Waals surface area (Å²) in [5.41, 5.74) is 2.25. The smallest absolute Gasteiger partial charge is 0.257 e. The van der Waals surface area contributed by atoms with Crippen molar-refractivity contribution < 1.29 is 18.7 Å². The van der Waals surface area contributed by atoms with Crippen LogP contribution in [0.25, 0.3) is 0 Å². The van der Waals surface area contributed by atoms with E-state index in [2.05, 4.69) is 5.10 Å². The Morgan fingerprint density at radius 3 is 2.53 bits per heavy atom. The molecule has 2 heterocycles. The summed E-state index contributed by atoms with van der Waals surface area (Å²) in [6, 6.07) is 13.5. The Morgan fingerprint density at radius 1 is 1.09 bits per heavy atom. The van der Waals surface area contributed by atoms with Crippen molar-refractivity contribution in [3.63, 3.8) is 0 Å². The van der Waals surface area contributed by atoms with Crippen LogP contribution in [-0.2, 0) is 9.59 Å². The fraction of sp³-hybridized carbons (Fsp3) is 0.375. The minimum atomic E-state index is -0.392. The van der Waals surface area contributed by atoms with E-state index in [-0.39, 0.29) is 24.2 Å². The van der Waals surface area contributed by atoms with E-state index in [1.165, 1.54) is 17.1 Å². The molecule has 0 saturated carbocycles. The van der Waals surface area contributed by atoms with Crippen LogP contribution >= 0.6 is 0 Å². The summed E-state index contributed by atoms with van der Waals surface area (Å²) in [4.78, 5) is 28.7. The average molecular weight is 439 g/mol. The number of piperazine rings is 1. The molecule has 1 atom stereocenters. The zero-order valence-electron chi connectivity index (χ0n) is 18.3. The van der Waals surface area contributed by atoms with Crippen molar-refractivity contribution >= 4 is 17.5 Å². The van der Waals surface area contributed by atoms with Gasteiger partial charge in [-0.25, -0.2) is 9.40 Å². The Balaban J connectivity index is 1.57. The molecular weight excluding hydrogens is 411 g/mol. The molecule has 0 aromatic heterocycles. The number of nitrogens with zero attached hydrogens (tertiary/aromatic N) is 4. The summed E-state index contributed by atoms with van der Waals surface area (Å²) in [7, 11) is 1.60. The molecule has 0 spiro atoms. The summed E-state index contributed by atoms with van der Waals surface area (Å²) in [5.74, 6) is 0.230. The number of benzene rings is 2. The lowest BCUT2D eigenvalue weighted by atomic mass is 9.98. The lowest BCUT2D eigenvalue weighted by Gasteiger charge is -2.34. The molecule has 0 unspecified atom stereocenters. The molecule has 0 N–H and O–H groups in total.